The van der Waals surface area contributed by atoms with Gasteiger partial charge in [-0.05, 0) is 42.0 Å². The summed E-state index contributed by atoms with van der Waals surface area (Å²) < 4.78 is 25.2. The van der Waals surface area contributed by atoms with Crippen LogP contribution in [-0.2, 0) is 0 Å². The van der Waals surface area contributed by atoms with E-state index in [0.29, 0.717) is 17.4 Å². The molecule has 0 unspecified atom stereocenters. The van der Waals surface area contributed by atoms with Crippen LogP contribution < -0.4 is 24.3 Å². The lowest BCUT2D eigenvalue weighted by Crippen LogP contribution is -2.32. The number of hydrogen-bond donors (Lipinski definition) is 1. The predicted octanol–water partition coefficient (Wildman–Crippen LogP) is 4.86. The Kier molecular flexibility index (Phi) is 5.06. The molecule has 1 N–H and O–H groups in total. The lowest BCUT2D eigenvalue weighted by molar-refractivity contribution is 0.222. The molecule has 0 amide bonds. The average molecular weight is 469 g/mol. The first-order valence-electron chi connectivity index (χ1n) is 11.2. The van der Waals surface area contributed by atoms with E-state index >= 15 is 0 Å². The zero-order chi connectivity index (χ0) is 23.9. The maximum Gasteiger partial charge on any atom is 0.226 e. The number of para-hydroxylation sites is 1. The van der Waals surface area contributed by atoms with E-state index in [-0.39, 0.29) is 6.04 Å². The fourth-order valence-corrected chi connectivity index (χ4v) is 4.84. The summed E-state index contributed by atoms with van der Waals surface area (Å²) in [4.78, 5) is 4.49. The summed E-state index contributed by atoms with van der Waals surface area (Å²) in [5.74, 6) is 3.52. The van der Waals surface area contributed by atoms with Crippen molar-refractivity contribution in [3.05, 3.63) is 95.3 Å². The van der Waals surface area contributed by atoms with Gasteiger partial charge in [0.2, 0.25) is 5.95 Å². The van der Waals surface area contributed by atoms with E-state index in [9.17, 15) is 0 Å². The van der Waals surface area contributed by atoms with E-state index < -0.39 is 6.10 Å². The minimum Gasteiger partial charge on any atom is -0.497 e. The second-order valence-electron chi connectivity index (χ2n) is 8.27. The van der Waals surface area contributed by atoms with Crippen molar-refractivity contribution in [2.75, 3.05) is 26.6 Å². The van der Waals surface area contributed by atoms with Gasteiger partial charge >= 0.3 is 0 Å². The first-order valence-corrected chi connectivity index (χ1v) is 11.2. The van der Waals surface area contributed by atoms with Gasteiger partial charge in [-0.2, -0.15) is 10.1 Å². The van der Waals surface area contributed by atoms with Crippen molar-refractivity contribution >= 4 is 11.6 Å². The van der Waals surface area contributed by atoms with Gasteiger partial charge in [0, 0.05) is 16.7 Å². The van der Waals surface area contributed by atoms with Crippen LogP contribution in [0.3, 0.4) is 0 Å². The number of rotatable bonds is 5. The molecular weight excluding hydrogens is 444 g/mol. The van der Waals surface area contributed by atoms with Gasteiger partial charge in [0.1, 0.15) is 30.0 Å². The zero-order valence-corrected chi connectivity index (χ0v) is 19.6. The molecule has 0 bridgehead atoms. The van der Waals surface area contributed by atoms with Crippen molar-refractivity contribution in [2.45, 2.75) is 12.1 Å². The third-order valence-corrected chi connectivity index (χ3v) is 6.44. The molecule has 8 heteroatoms. The third-order valence-electron chi connectivity index (χ3n) is 6.44. The van der Waals surface area contributed by atoms with Gasteiger partial charge in [0.25, 0.3) is 0 Å². The Bertz CT molecular complexity index is 1440. The summed E-state index contributed by atoms with van der Waals surface area (Å²) in [6.45, 7) is 0. The largest absolute Gasteiger partial charge is 0.497 e. The van der Waals surface area contributed by atoms with E-state index in [0.717, 1.165) is 39.5 Å². The molecule has 3 aromatic carbocycles. The fourth-order valence-electron chi connectivity index (χ4n) is 4.84. The van der Waals surface area contributed by atoms with E-state index in [1.54, 1.807) is 27.7 Å². The van der Waals surface area contributed by atoms with Gasteiger partial charge in [0.05, 0.1) is 27.0 Å². The molecule has 0 radical (unpaired) electrons. The lowest BCUT2D eigenvalue weighted by atomic mass is 9.84. The van der Waals surface area contributed by atoms with Crippen LogP contribution in [0.4, 0.5) is 5.95 Å². The van der Waals surface area contributed by atoms with Crippen molar-refractivity contribution in [1.29, 1.82) is 0 Å². The molecule has 35 heavy (non-hydrogen) atoms. The number of nitrogens with zero attached hydrogens (tertiary/aromatic N) is 3. The lowest BCUT2D eigenvalue weighted by Gasteiger charge is -2.39. The number of aromatic nitrogens is 3. The molecule has 1 aromatic heterocycles. The highest BCUT2D eigenvalue weighted by Crippen LogP contribution is 2.51. The Morgan fingerprint density at radius 1 is 0.857 bits per heavy atom. The minimum absolute atomic E-state index is 0.298. The molecule has 0 spiro atoms. The van der Waals surface area contributed by atoms with Crippen LogP contribution in [-0.4, -0.2) is 36.1 Å². The molecule has 0 saturated carbocycles. The summed E-state index contributed by atoms with van der Waals surface area (Å²) in [6.07, 6.45) is 1.17. The molecule has 2 atom stereocenters. The summed E-state index contributed by atoms with van der Waals surface area (Å²) >= 11 is 0. The number of benzene rings is 3. The summed E-state index contributed by atoms with van der Waals surface area (Å²) in [6, 6.07) is 21.6. The highest BCUT2D eigenvalue weighted by atomic mass is 16.5. The van der Waals surface area contributed by atoms with E-state index in [2.05, 4.69) is 21.5 Å². The van der Waals surface area contributed by atoms with Crippen LogP contribution in [0.25, 0.3) is 5.70 Å². The van der Waals surface area contributed by atoms with Crippen LogP contribution in [0.15, 0.2) is 78.6 Å². The van der Waals surface area contributed by atoms with E-state index in [1.807, 2.05) is 65.3 Å². The van der Waals surface area contributed by atoms with Crippen molar-refractivity contribution in [2.24, 2.45) is 0 Å². The number of methoxy groups -OCH3 is 3. The number of fused-ring (bicyclic) bond motifs is 3. The van der Waals surface area contributed by atoms with Crippen molar-refractivity contribution in [3.8, 4) is 23.0 Å². The summed E-state index contributed by atoms with van der Waals surface area (Å²) in [5.41, 5.74) is 4.89. The Morgan fingerprint density at radius 3 is 2.54 bits per heavy atom. The molecule has 2 aliphatic rings. The van der Waals surface area contributed by atoms with Crippen LogP contribution in [0, 0.1) is 0 Å². The van der Waals surface area contributed by atoms with Crippen LogP contribution in [0.1, 0.15) is 28.8 Å². The summed E-state index contributed by atoms with van der Waals surface area (Å²) in [7, 11) is 4.93. The molecule has 0 saturated heterocycles. The van der Waals surface area contributed by atoms with Crippen molar-refractivity contribution < 1.29 is 18.9 Å². The Hall–Kier alpha value is -4.46. The molecule has 0 fully saturated rings. The first-order chi connectivity index (χ1) is 17.2. The quantitative estimate of drug-likeness (QED) is 0.448. The topological polar surface area (TPSA) is 79.7 Å². The van der Waals surface area contributed by atoms with E-state index in [1.165, 1.54) is 0 Å². The monoisotopic (exact) mass is 468 g/mol. The molecule has 2 aliphatic heterocycles. The molecule has 3 heterocycles. The number of nitrogens with one attached hydrogen (secondary N) is 1. The number of anilines is 1. The van der Waals surface area contributed by atoms with Crippen molar-refractivity contribution in [3.63, 3.8) is 0 Å². The molecule has 8 nitrogen and oxygen atoms in total. The smallest absolute Gasteiger partial charge is 0.226 e. The van der Waals surface area contributed by atoms with Gasteiger partial charge in [-0.15, -0.1) is 0 Å². The van der Waals surface area contributed by atoms with Crippen LogP contribution >= 0.6 is 0 Å². The maximum absolute atomic E-state index is 6.66. The number of hydrogen-bond acceptors (Lipinski definition) is 7. The maximum atomic E-state index is 6.66. The molecule has 176 valence electrons. The standard InChI is InChI=1S/C27H24N4O4/c1-32-18-8-6-7-17(13-18)26-23-24(19-9-4-5-10-20(19)35-26)30-27-28-15-29-31(27)25(23)16-11-12-21(33-2)22(14-16)34-3/h4-15,25-26H,1-3H3,(H,28,29,30)/t25-,26+/m0/s1. The van der Waals surface area contributed by atoms with Gasteiger partial charge in [-0.3, -0.25) is 0 Å². The van der Waals surface area contributed by atoms with Gasteiger partial charge in [0.15, 0.2) is 11.5 Å². The van der Waals surface area contributed by atoms with Gasteiger partial charge in [-0.25, -0.2) is 4.68 Å². The van der Waals surface area contributed by atoms with Gasteiger partial charge in [-0.1, -0.05) is 30.3 Å². The Labute approximate surface area is 202 Å². The normalized spacial score (nSPS) is 17.9. The highest BCUT2D eigenvalue weighted by molar-refractivity contribution is 5.85. The third kappa shape index (κ3) is 3.37. The average Bonchev–Trinajstić information content (AvgIpc) is 3.39. The molecular formula is C27H24N4O4. The Balaban J connectivity index is 1.61. The highest BCUT2D eigenvalue weighted by Gasteiger charge is 2.41. The number of ether oxygens (including phenoxy) is 4. The Morgan fingerprint density at radius 2 is 1.71 bits per heavy atom. The molecule has 4 aromatic rings. The van der Waals surface area contributed by atoms with Crippen LogP contribution in [0.5, 0.6) is 23.0 Å². The molecule has 0 aliphatic carbocycles. The van der Waals surface area contributed by atoms with Gasteiger partial charge < -0.3 is 24.3 Å². The summed E-state index contributed by atoms with van der Waals surface area (Å²) in [5, 5.41) is 8.09. The van der Waals surface area contributed by atoms with E-state index in [4.69, 9.17) is 18.9 Å². The SMILES string of the molecule is COc1cccc([C@H]2Oc3ccccc3C3=C2[C@H](c2ccc(OC)c(OC)c2)n2ncnc2N3)c1. The van der Waals surface area contributed by atoms with Crippen molar-refractivity contribution in [1.82, 2.24) is 14.8 Å². The fraction of sp³-hybridized carbons (Fsp3) is 0.185. The predicted molar refractivity (Wildman–Crippen MR) is 131 cm³/mol. The zero-order valence-electron chi connectivity index (χ0n) is 19.6. The molecule has 6 rings (SSSR count). The van der Waals surface area contributed by atoms with Crippen LogP contribution in [0.2, 0.25) is 0 Å². The second-order valence-corrected chi connectivity index (χ2v) is 8.27. The first kappa shape index (κ1) is 21.1. The second kappa shape index (κ2) is 8.39. The minimum atomic E-state index is -0.391.